The first-order chi connectivity index (χ1) is 8.63. The quantitative estimate of drug-likeness (QED) is 0.863. The number of hydrogen-bond acceptors (Lipinski definition) is 3. The Bertz CT molecular complexity index is 417. The molecular weight excluding hydrogens is 226 g/mol. The van der Waals surface area contributed by atoms with Crippen LogP contribution in [0, 0.1) is 13.8 Å². The van der Waals surface area contributed by atoms with E-state index in [4.69, 9.17) is 4.74 Å². The van der Waals surface area contributed by atoms with Gasteiger partial charge in [0, 0.05) is 18.4 Å². The molecule has 1 saturated carbocycles. The van der Waals surface area contributed by atoms with Gasteiger partial charge in [0.15, 0.2) is 0 Å². The molecule has 2 unspecified atom stereocenters. The molecule has 0 aliphatic heterocycles. The van der Waals surface area contributed by atoms with Crippen LogP contribution < -0.4 is 5.32 Å². The molecule has 3 heteroatoms. The number of phenols is 1. The molecule has 2 rings (SSSR count). The van der Waals surface area contributed by atoms with Gasteiger partial charge in [-0.25, -0.2) is 0 Å². The molecule has 1 aromatic carbocycles. The number of methoxy groups -OCH3 is 1. The number of anilines is 1. The molecule has 2 N–H and O–H groups in total. The number of aromatic hydroxyl groups is 1. The Balaban J connectivity index is 2.15. The highest BCUT2D eigenvalue weighted by Gasteiger charge is 2.25. The molecule has 0 amide bonds. The van der Waals surface area contributed by atoms with Gasteiger partial charge in [-0.2, -0.15) is 0 Å². The van der Waals surface area contributed by atoms with E-state index in [-0.39, 0.29) is 6.10 Å². The second kappa shape index (κ2) is 5.61. The summed E-state index contributed by atoms with van der Waals surface area (Å²) in [5.74, 6) is 0.393. The van der Waals surface area contributed by atoms with Gasteiger partial charge in [0.2, 0.25) is 0 Å². The SMILES string of the molecule is COC1CCCCC1Nc1ccc(C)c(O)c1C. The number of ether oxygens (including phenoxy) is 1. The zero-order valence-corrected chi connectivity index (χ0v) is 11.5. The smallest absolute Gasteiger partial charge is 0.123 e. The number of rotatable bonds is 3. The van der Waals surface area contributed by atoms with Crippen molar-refractivity contribution in [3.8, 4) is 5.75 Å². The van der Waals surface area contributed by atoms with Crippen molar-refractivity contribution in [3.05, 3.63) is 23.3 Å². The Labute approximate surface area is 109 Å². The van der Waals surface area contributed by atoms with Gasteiger partial charge in [0.05, 0.1) is 12.1 Å². The lowest BCUT2D eigenvalue weighted by Gasteiger charge is -2.32. The molecule has 0 radical (unpaired) electrons. The molecule has 1 fully saturated rings. The fourth-order valence-electron chi connectivity index (χ4n) is 2.74. The summed E-state index contributed by atoms with van der Waals surface area (Å²) in [6.07, 6.45) is 5.02. The van der Waals surface area contributed by atoms with Gasteiger partial charge < -0.3 is 15.2 Å². The van der Waals surface area contributed by atoms with Crippen molar-refractivity contribution in [3.63, 3.8) is 0 Å². The van der Waals surface area contributed by atoms with Crippen molar-refractivity contribution in [2.75, 3.05) is 12.4 Å². The van der Waals surface area contributed by atoms with E-state index in [0.29, 0.717) is 11.8 Å². The van der Waals surface area contributed by atoms with E-state index < -0.39 is 0 Å². The zero-order valence-electron chi connectivity index (χ0n) is 11.5. The number of hydrogen-bond donors (Lipinski definition) is 2. The summed E-state index contributed by atoms with van der Waals surface area (Å²) in [4.78, 5) is 0. The Morgan fingerprint density at radius 3 is 2.67 bits per heavy atom. The van der Waals surface area contributed by atoms with Gasteiger partial charge in [-0.1, -0.05) is 18.9 Å². The molecule has 0 saturated heterocycles. The van der Waals surface area contributed by atoms with Crippen molar-refractivity contribution in [1.29, 1.82) is 0 Å². The molecular formula is C15H23NO2. The molecule has 0 heterocycles. The van der Waals surface area contributed by atoms with Crippen molar-refractivity contribution < 1.29 is 9.84 Å². The predicted octanol–water partition coefficient (Wildman–Crippen LogP) is 3.38. The van der Waals surface area contributed by atoms with Gasteiger partial charge in [-0.15, -0.1) is 0 Å². The van der Waals surface area contributed by atoms with Crippen LogP contribution in [0.2, 0.25) is 0 Å². The van der Waals surface area contributed by atoms with Crippen LogP contribution in [0.1, 0.15) is 36.8 Å². The third kappa shape index (κ3) is 2.61. The molecule has 100 valence electrons. The van der Waals surface area contributed by atoms with Crippen LogP contribution in [0.5, 0.6) is 5.75 Å². The van der Waals surface area contributed by atoms with E-state index in [2.05, 4.69) is 5.32 Å². The third-order valence-corrected chi connectivity index (χ3v) is 3.98. The van der Waals surface area contributed by atoms with Gasteiger partial charge in [-0.3, -0.25) is 0 Å². The Morgan fingerprint density at radius 2 is 1.94 bits per heavy atom. The lowest BCUT2D eigenvalue weighted by molar-refractivity contribution is 0.0606. The van der Waals surface area contributed by atoms with Crippen LogP contribution in [0.15, 0.2) is 12.1 Å². The first-order valence-electron chi connectivity index (χ1n) is 6.72. The Hall–Kier alpha value is -1.22. The second-order valence-electron chi connectivity index (χ2n) is 5.21. The van der Waals surface area contributed by atoms with Crippen LogP contribution >= 0.6 is 0 Å². The first kappa shape index (κ1) is 13.2. The summed E-state index contributed by atoms with van der Waals surface area (Å²) in [5.41, 5.74) is 2.87. The number of phenolic OH excluding ortho intramolecular Hbond substituents is 1. The summed E-state index contributed by atoms with van der Waals surface area (Å²) in [6, 6.07) is 4.35. The monoisotopic (exact) mass is 249 g/mol. The van der Waals surface area contributed by atoms with Gasteiger partial charge in [0.25, 0.3) is 0 Å². The van der Waals surface area contributed by atoms with Crippen molar-refractivity contribution in [2.24, 2.45) is 0 Å². The largest absolute Gasteiger partial charge is 0.507 e. The highest BCUT2D eigenvalue weighted by Crippen LogP contribution is 2.31. The predicted molar refractivity (Wildman–Crippen MR) is 74.3 cm³/mol. The van der Waals surface area contributed by atoms with E-state index in [9.17, 15) is 5.11 Å². The van der Waals surface area contributed by atoms with Gasteiger partial charge in [0.1, 0.15) is 5.75 Å². The number of aryl methyl sites for hydroxylation is 1. The number of nitrogens with one attached hydrogen (secondary N) is 1. The van der Waals surface area contributed by atoms with Crippen LogP contribution in [0.25, 0.3) is 0 Å². The Morgan fingerprint density at radius 1 is 1.22 bits per heavy atom. The highest BCUT2D eigenvalue weighted by atomic mass is 16.5. The topological polar surface area (TPSA) is 41.5 Å². The maximum Gasteiger partial charge on any atom is 0.123 e. The Kier molecular flexibility index (Phi) is 4.12. The lowest BCUT2D eigenvalue weighted by atomic mass is 9.92. The van der Waals surface area contributed by atoms with Crippen LogP contribution in [-0.2, 0) is 4.74 Å². The maximum absolute atomic E-state index is 9.97. The van der Waals surface area contributed by atoms with E-state index in [1.807, 2.05) is 26.0 Å². The maximum atomic E-state index is 9.97. The van der Waals surface area contributed by atoms with E-state index in [1.165, 1.54) is 12.8 Å². The summed E-state index contributed by atoms with van der Waals surface area (Å²) < 4.78 is 5.54. The summed E-state index contributed by atoms with van der Waals surface area (Å²) >= 11 is 0. The lowest BCUT2D eigenvalue weighted by Crippen LogP contribution is -2.37. The zero-order chi connectivity index (χ0) is 13.1. The van der Waals surface area contributed by atoms with Gasteiger partial charge in [-0.05, 0) is 38.3 Å². The second-order valence-corrected chi connectivity index (χ2v) is 5.21. The summed E-state index contributed by atoms with van der Waals surface area (Å²) in [5, 5.41) is 13.5. The molecule has 0 spiro atoms. The normalized spacial score (nSPS) is 23.9. The minimum Gasteiger partial charge on any atom is -0.507 e. The van der Waals surface area contributed by atoms with Crippen molar-refractivity contribution in [2.45, 2.75) is 51.7 Å². The third-order valence-electron chi connectivity index (χ3n) is 3.98. The molecule has 3 nitrogen and oxygen atoms in total. The molecule has 18 heavy (non-hydrogen) atoms. The van der Waals surface area contributed by atoms with Crippen LogP contribution in [0.3, 0.4) is 0 Å². The molecule has 2 atom stereocenters. The molecule has 1 aliphatic carbocycles. The number of benzene rings is 1. The average Bonchev–Trinajstić information content (AvgIpc) is 2.40. The summed E-state index contributed by atoms with van der Waals surface area (Å²) in [7, 11) is 1.78. The van der Waals surface area contributed by atoms with Crippen LogP contribution in [0.4, 0.5) is 5.69 Å². The fraction of sp³-hybridized carbons (Fsp3) is 0.600. The molecule has 1 aromatic rings. The van der Waals surface area contributed by atoms with Crippen molar-refractivity contribution >= 4 is 5.69 Å². The highest BCUT2D eigenvalue weighted by molar-refractivity contribution is 5.59. The minimum absolute atomic E-state index is 0.279. The fourth-order valence-corrected chi connectivity index (χ4v) is 2.74. The first-order valence-corrected chi connectivity index (χ1v) is 6.72. The van der Waals surface area contributed by atoms with E-state index in [1.54, 1.807) is 7.11 Å². The summed E-state index contributed by atoms with van der Waals surface area (Å²) in [6.45, 7) is 3.87. The molecule has 0 bridgehead atoms. The standard InChI is InChI=1S/C15H23NO2/c1-10-8-9-12(11(2)15(10)17)16-13-6-4-5-7-14(13)18-3/h8-9,13-14,16-17H,4-7H2,1-3H3. The van der Waals surface area contributed by atoms with E-state index >= 15 is 0 Å². The molecule has 1 aliphatic rings. The average molecular weight is 249 g/mol. The molecule has 0 aromatic heterocycles. The van der Waals surface area contributed by atoms with E-state index in [0.717, 1.165) is 29.7 Å². The van der Waals surface area contributed by atoms with Gasteiger partial charge >= 0.3 is 0 Å². The van der Waals surface area contributed by atoms with Crippen molar-refractivity contribution in [1.82, 2.24) is 0 Å². The van der Waals surface area contributed by atoms with Crippen LogP contribution in [-0.4, -0.2) is 24.4 Å². The minimum atomic E-state index is 0.279.